The highest BCUT2D eigenvalue weighted by Gasteiger charge is 2.58. The van der Waals surface area contributed by atoms with Crippen molar-refractivity contribution >= 4 is 0 Å². The van der Waals surface area contributed by atoms with Crippen LogP contribution in [0.4, 0.5) is 0 Å². The molecule has 1 aliphatic rings. The molecule has 4 N–H and O–H groups in total. The van der Waals surface area contributed by atoms with E-state index in [1.54, 1.807) is 0 Å². The number of rotatable bonds is 4. The van der Waals surface area contributed by atoms with Crippen LogP contribution in [0.15, 0.2) is 0 Å². The van der Waals surface area contributed by atoms with E-state index in [4.69, 9.17) is 11.5 Å². The zero-order chi connectivity index (χ0) is 14.2. The maximum atomic E-state index is 6.71. The molecule has 0 aromatic carbocycles. The molecule has 0 aliphatic heterocycles. The third-order valence-electron chi connectivity index (χ3n) is 6.57. The van der Waals surface area contributed by atoms with Crippen LogP contribution < -0.4 is 11.5 Å². The smallest absolute Gasteiger partial charge is 0.0165 e. The van der Waals surface area contributed by atoms with Crippen LogP contribution in [0.2, 0.25) is 0 Å². The van der Waals surface area contributed by atoms with Crippen LogP contribution >= 0.6 is 0 Å². The lowest BCUT2D eigenvalue weighted by Gasteiger charge is -2.62. The summed E-state index contributed by atoms with van der Waals surface area (Å²) in [4.78, 5) is 0. The van der Waals surface area contributed by atoms with Gasteiger partial charge in [-0.2, -0.15) is 0 Å². The van der Waals surface area contributed by atoms with Crippen molar-refractivity contribution in [2.75, 3.05) is 0 Å². The molecular formula is C16H34N2. The van der Waals surface area contributed by atoms with Crippen molar-refractivity contribution in [2.45, 2.75) is 85.7 Å². The highest BCUT2D eigenvalue weighted by Crippen LogP contribution is 2.57. The molecule has 1 rings (SSSR count). The van der Waals surface area contributed by atoms with Crippen molar-refractivity contribution in [1.29, 1.82) is 0 Å². The van der Waals surface area contributed by atoms with Gasteiger partial charge in [0, 0.05) is 12.1 Å². The van der Waals surface area contributed by atoms with Crippen LogP contribution in [-0.4, -0.2) is 12.1 Å². The lowest BCUT2D eigenvalue weighted by Crippen LogP contribution is -2.68. The van der Waals surface area contributed by atoms with Crippen molar-refractivity contribution < 1.29 is 0 Å². The van der Waals surface area contributed by atoms with E-state index in [9.17, 15) is 0 Å². The average Bonchev–Trinajstić information content (AvgIpc) is 2.41. The standard InChI is InChI=1S/C16H34N2/c1-7-14(5)11-16(9-3,10-4)13(18)15(6,8-2)12(14)17/h12-13H,7-11,17-18H2,1-6H3. The summed E-state index contributed by atoms with van der Waals surface area (Å²) < 4.78 is 0. The number of hydrogen-bond donors (Lipinski definition) is 2. The molecule has 0 amide bonds. The SMILES string of the molecule is CCC1(C)CC(CC)(CC)C(N)C(C)(CC)C1N. The zero-order valence-electron chi connectivity index (χ0n) is 13.3. The molecule has 0 saturated heterocycles. The lowest BCUT2D eigenvalue weighted by atomic mass is 9.46. The summed E-state index contributed by atoms with van der Waals surface area (Å²) in [5, 5.41) is 0. The minimum absolute atomic E-state index is 0.0645. The molecule has 1 aliphatic carbocycles. The second kappa shape index (κ2) is 5.13. The van der Waals surface area contributed by atoms with Gasteiger partial charge in [0.2, 0.25) is 0 Å². The predicted molar refractivity (Wildman–Crippen MR) is 80.4 cm³/mol. The fourth-order valence-corrected chi connectivity index (χ4v) is 4.44. The first-order valence-corrected chi connectivity index (χ1v) is 7.77. The van der Waals surface area contributed by atoms with Gasteiger partial charge in [-0.15, -0.1) is 0 Å². The molecule has 18 heavy (non-hydrogen) atoms. The quantitative estimate of drug-likeness (QED) is 0.804. The Morgan fingerprint density at radius 1 is 0.833 bits per heavy atom. The van der Waals surface area contributed by atoms with E-state index in [1.165, 1.54) is 19.3 Å². The molecular weight excluding hydrogens is 220 g/mol. The summed E-state index contributed by atoms with van der Waals surface area (Å²) >= 11 is 0. The van der Waals surface area contributed by atoms with Crippen LogP contribution in [0.1, 0.15) is 73.6 Å². The third kappa shape index (κ3) is 2.02. The molecule has 108 valence electrons. The van der Waals surface area contributed by atoms with Crippen molar-refractivity contribution in [1.82, 2.24) is 0 Å². The minimum Gasteiger partial charge on any atom is -0.327 e. The Kier molecular flexibility index (Phi) is 4.55. The van der Waals surface area contributed by atoms with E-state index >= 15 is 0 Å². The summed E-state index contributed by atoms with van der Waals surface area (Å²) in [6.45, 7) is 13.8. The van der Waals surface area contributed by atoms with Crippen molar-refractivity contribution in [3.63, 3.8) is 0 Å². The van der Waals surface area contributed by atoms with E-state index in [0.29, 0.717) is 0 Å². The molecule has 0 bridgehead atoms. The first kappa shape index (κ1) is 16.0. The molecule has 4 unspecified atom stereocenters. The van der Waals surface area contributed by atoms with E-state index in [2.05, 4.69) is 41.5 Å². The van der Waals surface area contributed by atoms with Crippen LogP contribution in [-0.2, 0) is 0 Å². The summed E-state index contributed by atoms with van der Waals surface area (Å²) in [5.41, 5.74) is 13.9. The Balaban J connectivity index is 3.29. The maximum absolute atomic E-state index is 6.71. The van der Waals surface area contributed by atoms with Gasteiger partial charge in [-0.1, -0.05) is 41.5 Å². The van der Waals surface area contributed by atoms with E-state index in [1.807, 2.05) is 0 Å². The number of hydrogen-bond acceptors (Lipinski definition) is 2. The van der Waals surface area contributed by atoms with Crippen LogP contribution in [0, 0.1) is 16.2 Å². The van der Waals surface area contributed by atoms with Crippen LogP contribution in [0.25, 0.3) is 0 Å². The second-order valence-electron chi connectivity index (χ2n) is 7.07. The molecule has 4 atom stereocenters. The third-order valence-corrected chi connectivity index (χ3v) is 6.57. The van der Waals surface area contributed by atoms with Gasteiger partial charge in [-0.05, 0) is 48.3 Å². The number of nitrogens with two attached hydrogens (primary N) is 2. The molecule has 0 aromatic rings. The zero-order valence-corrected chi connectivity index (χ0v) is 13.3. The van der Waals surface area contributed by atoms with Gasteiger partial charge >= 0.3 is 0 Å². The molecule has 2 heteroatoms. The molecule has 1 fully saturated rings. The van der Waals surface area contributed by atoms with E-state index < -0.39 is 0 Å². The van der Waals surface area contributed by atoms with Crippen LogP contribution in [0.3, 0.4) is 0 Å². The summed E-state index contributed by atoms with van der Waals surface area (Å²) in [6.07, 6.45) is 5.75. The second-order valence-corrected chi connectivity index (χ2v) is 7.07. The summed E-state index contributed by atoms with van der Waals surface area (Å²) in [6, 6.07) is 0.431. The van der Waals surface area contributed by atoms with Gasteiger partial charge in [-0.25, -0.2) is 0 Å². The van der Waals surface area contributed by atoms with Gasteiger partial charge in [0.25, 0.3) is 0 Å². The topological polar surface area (TPSA) is 52.0 Å². The van der Waals surface area contributed by atoms with Crippen LogP contribution in [0.5, 0.6) is 0 Å². The van der Waals surface area contributed by atoms with Gasteiger partial charge in [0.15, 0.2) is 0 Å². The first-order valence-electron chi connectivity index (χ1n) is 7.77. The molecule has 0 radical (unpaired) electrons. The van der Waals surface area contributed by atoms with Crippen molar-refractivity contribution in [2.24, 2.45) is 27.7 Å². The van der Waals surface area contributed by atoms with E-state index in [-0.39, 0.29) is 28.3 Å². The highest BCUT2D eigenvalue weighted by atomic mass is 14.9. The molecule has 0 heterocycles. The molecule has 0 aromatic heterocycles. The molecule has 2 nitrogen and oxygen atoms in total. The summed E-state index contributed by atoms with van der Waals surface area (Å²) in [7, 11) is 0. The monoisotopic (exact) mass is 254 g/mol. The maximum Gasteiger partial charge on any atom is 0.0165 e. The first-order chi connectivity index (χ1) is 8.26. The summed E-state index contributed by atoms with van der Waals surface area (Å²) in [5.74, 6) is 0. The van der Waals surface area contributed by atoms with Crippen molar-refractivity contribution in [3.05, 3.63) is 0 Å². The predicted octanol–water partition coefficient (Wildman–Crippen LogP) is 3.68. The minimum atomic E-state index is 0.0645. The van der Waals surface area contributed by atoms with Gasteiger partial charge < -0.3 is 11.5 Å². The Labute approximate surface area is 114 Å². The largest absolute Gasteiger partial charge is 0.327 e. The van der Waals surface area contributed by atoms with E-state index in [0.717, 1.165) is 12.8 Å². The Bertz CT molecular complexity index is 277. The molecule has 1 saturated carbocycles. The fraction of sp³-hybridized carbons (Fsp3) is 1.00. The normalized spacial score (nSPS) is 44.0. The van der Waals surface area contributed by atoms with Crippen molar-refractivity contribution in [3.8, 4) is 0 Å². The Morgan fingerprint density at radius 3 is 1.67 bits per heavy atom. The molecule has 0 spiro atoms. The Morgan fingerprint density at radius 2 is 1.33 bits per heavy atom. The Hall–Kier alpha value is -0.0800. The van der Waals surface area contributed by atoms with Gasteiger partial charge in [-0.3, -0.25) is 0 Å². The highest BCUT2D eigenvalue weighted by molar-refractivity contribution is 5.12. The average molecular weight is 254 g/mol. The van der Waals surface area contributed by atoms with Gasteiger partial charge in [0.05, 0.1) is 0 Å². The van der Waals surface area contributed by atoms with Gasteiger partial charge in [0.1, 0.15) is 0 Å². The fourth-order valence-electron chi connectivity index (χ4n) is 4.44. The lowest BCUT2D eigenvalue weighted by molar-refractivity contribution is -0.0728.